The lowest BCUT2D eigenvalue weighted by molar-refractivity contribution is 0.0920. The lowest BCUT2D eigenvalue weighted by Crippen LogP contribution is -2.21. The van der Waals surface area contributed by atoms with Crippen LogP contribution in [0.3, 0.4) is 0 Å². The lowest BCUT2D eigenvalue weighted by Gasteiger charge is -2.07. The van der Waals surface area contributed by atoms with Crippen molar-refractivity contribution >= 4 is 0 Å². The van der Waals surface area contributed by atoms with Crippen molar-refractivity contribution in [3.63, 3.8) is 0 Å². The first-order chi connectivity index (χ1) is 4.93. The van der Waals surface area contributed by atoms with E-state index in [1.165, 1.54) is 25.7 Å². The first-order valence-electron chi connectivity index (χ1n) is 4.28. The number of rotatable bonds is 4. The fourth-order valence-electron chi connectivity index (χ4n) is 1.25. The van der Waals surface area contributed by atoms with Crippen LogP contribution in [0, 0.1) is 0 Å². The second kappa shape index (κ2) is 4.69. The molecule has 0 aromatic rings. The molecule has 60 valence electrons. The van der Waals surface area contributed by atoms with E-state index in [1.807, 2.05) is 0 Å². The fraction of sp³-hybridized carbons (Fsp3) is 1.00. The molecule has 1 rings (SSSR count). The van der Waals surface area contributed by atoms with Crippen LogP contribution in [0.25, 0.3) is 0 Å². The Labute approximate surface area is 63.0 Å². The molecule has 2 heteroatoms. The third-order valence-corrected chi connectivity index (χ3v) is 1.86. The van der Waals surface area contributed by atoms with Gasteiger partial charge in [-0.05, 0) is 12.8 Å². The van der Waals surface area contributed by atoms with E-state index < -0.39 is 0 Å². The number of hydrogen-bond acceptors (Lipinski definition) is 2. The average Bonchev–Trinajstić information content (AvgIpc) is 2.41. The molecule has 0 aliphatic carbocycles. The summed E-state index contributed by atoms with van der Waals surface area (Å²) in [5.41, 5.74) is 0. The summed E-state index contributed by atoms with van der Waals surface area (Å²) >= 11 is 0. The van der Waals surface area contributed by atoms with E-state index in [-0.39, 0.29) is 0 Å². The lowest BCUT2D eigenvalue weighted by atomic mass is 10.2. The van der Waals surface area contributed by atoms with Crippen LogP contribution >= 0.6 is 0 Å². The smallest absolute Gasteiger partial charge is 0.108 e. The molecule has 1 N–H and O–H groups in total. The topological polar surface area (TPSA) is 21.3 Å². The van der Waals surface area contributed by atoms with Gasteiger partial charge in [-0.1, -0.05) is 19.8 Å². The Morgan fingerprint density at radius 2 is 2.40 bits per heavy atom. The van der Waals surface area contributed by atoms with Gasteiger partial charge in [-0.2, -0.15) is 0 Å². The van der Waals surface area contributed by atoms with Crippen LogP contribution in [0.15, 0.2) is 0 Å². The van der Waals surface area contributed by atoms with E-state index >= 15 is 0 Å². The second-order valence-electron chi connectivity index (χ2n) is 2.81. The molecule has 1 unspecified atom stereocenters. The van der Waals surface area contributed by atoms with Crippen molar-refractivity contribution in [1.82, 2.24) is 5.32 Å². The highest BCUT2D eigenvalue weighted by Gasteiger charge is 2.12. The fourth-order valence-corrected chi connectivity index (χ4v) is 1.25. The normalized spacial score (nSPS) is 25.5. The van der Waals surface area contributed by atoms with Gasteiger partial charge in [0.1, 0.15) is 6.23 Å². The van der Waals surface area contributed by atoms with Gasteiger partial charge in [-0.25, -0.2) is 0 Å². The summed E-state index contributed by atoms with van der Waals surface area (Å²) in [7, 11) is 0. The molecule has 0 aromatic heterocycles. The zero-order chi connectivity index (χ0) is 7.23. The van der Waals surface area contributed by atoms with Crippen molar-refractivity contribution in [3.05, 3.63) is 0 Å². The molecule has 1 fully saturated rings. The van der Waals surface area contributed by atoms with Gasteiger partial charge in [0.15, 0.2) is 0 Å². The molecule has 2 nitrogen and oxygen atoms in total. The molecule has 0 bridgehead atoms. The van der Waals surface area contributed by atoms with E-state index in [2.05, 4.69) is 12.2 Å². The van der Waals surface area contributed by atoms with Crippen molar-refractivity contribution in [3.8, 4) is 0 Å². The summed E-state index contributed by atoms with van der Waals surface area (Å²) in [6.07, 6.45) is 5.49. The minimum atomic E-state index is 0.367. The van der Waals surface area contributed by atoms with E-state index in [0.717, 1.165) is 13.2 Å². The first-order valence-corrected chi connectivity index (χ1v) is 4.28. The molecule has 0 spiro atoms. The largest absolute Gasteiger partial charge is 0.362 e. The second-order valence-corrected chi connectivity index (χ2v) is 2.81. The van der Waals surface area contributed by atoms with Gasteiger partial charge in [-0.3, -0.25) is 5.32 Å². The molecule has 1 saturated heterocycles. The zero-order valence-corrected chi connectivity index (χ0v) is 6.73. The molecule has 1 aliphatic rings. The van der Waals surface area contributed by atoms with Gasteiger partial charge in [0.05, 0.1) is 6.61 Å². The van der Waals surface area contributed by atoms with Crippen LogP contribution in [0.4, 0.5) is 0 Å². The summed E-state index contributed by atoms with van der Waals surface area (Å²) in [4.78, 5) is 0. The SMILES string of the molecule is CCCCCC1NCCO1. The summed E-state index contributed by atoms with van der Waals surface area (Å²) in [5, 5.41) is 3.29. The summed E-state index contributed by atoms with van der Waals surface area (Å²) < 4.78 is 5.39. The van der Waals surface area contributed by atoms with Gasteiger partial charge in [0, 0.05) is 6.54 Å². The van der Waals surface area contributed by atoms with Crippen LogP contribution in [-0.2, 0) is 4.74 Å². The molecule has 1 heterocycles. The van der Waals surface area contributed by atoms with Gasteiger partial charge >= 0.3 is 0 Å². The summed E-state index contributed by atoms with van der Waals surface area (Å²) in [5.74, 6) is 0. The maximum absolute atomic E-state index is 5.39. The van der Waals surface area contributed by atoms with Gasteiger partial charge in [0.2, 0.25) is 0 Å². The van der Waals surface area contributed by atoms with Crippen LogP contribution < -0.4 is 5.32 Å². The Morgan fingerprint density at radius 3 is 3.00 bits per heavy atom. The Kier molecular flexibility index (Phi) is 3.76. The van der Waals surface area contributed by atoms with Crippen LogP contribution in [0.2, 0.25) is 0 Å². The zero-order valence-electron chi connectivity index (χ0n) is 6.73. The maximum atomic E-state index is 5.39. The number of nitrogens with one attached hydrogen (secondary N) is 1. The predicted molar refractivity (Wildman–Crippen MR) is 41.9 cm³/mol. The molecular weight excluding hydrogens is 126 g/mol. The molecule has 0 saturated carbocycles. The molecule has 10 heavy (non-hydrogen) atoms. The summed E-state index contributed by atoms with van der Waals surface area (Å²) in [6.45, 7) is 4.16. The monoisotopic (exact) mass is 143 g/mol. The van der Waals surface area contributed by atoms with Crippen molar-refractivity contribution in [2.45, 2.75) is 38.8 Å². The van der Waals surface area contributed by atoms with E-state index in [4.69, 9.17) is 4.74 Å². The van der Waals surface area contributed by atoms with Crippen molar-refractivity contribution < 1.29 is 4.74 Å². The highest BCUT2D eigenvalue weighted by Crippen LogP contribution is 2.06. The number of ether oxygens (including phenoxy) is 1. The molecule has 1 atom stereocenters. The molecular formula is C8H17NO. The maximum Gasteiger partial charge on any atom is 0.108 e. The third kappa shape index (κ3) is 2.67. The number of unbranched alkanes of at least 4 members (excludes halogenated alkanes) is 2. The van der Waals surface area contributed by atoms with E-state index in [0.29, 0.717) is 6.23 Å². The van der Waals surface area contributed by atoms with Gasteiger partial charge in [-0.15, -0.1) is 0 Å². The molecule has 1 aliphatic heterocycles. The van der Waals surface area contributed by atoms with Crippen LogP contribution in [0.1, 0.15) is 32.6 Å². The van der Waals surface area contributed by atoms with Crippen molar-refractivity contribution in [1.29, 1.82) is 0 Å². The van der Waals surface area contributed by atoms with Crippen LogP contribution in [-0.4, -0.2) is 19.4 Å². The van der Waals surface area contributed by atoms with Crippen LogP contribution in [0.5, 0.6) is 0 Å². The predicted octanol–water partition coefficient (Wildman–Crippen LogP) is 1.51. The quantitative estimate of drug-likeness (QED) is 0.602. The Morgan fingerprint density at radius 1 is 1.50 bits per heavy atom. The first kappa shape index (κ1) is 8.02. The Balaban J connectivity index is 1.91. The molecule has 0 amide bonds. The minimum Gasteiger partial charge on any atom is -0.362 e. The molecule has 0 aromatic carbocycles. The number of hydrogen-bond donors (Lipinski definition) is 1. The highest BCUT2D eigenvalue weighted by atomic mass is 16.5. The van der Waals surface area contributed by atoms with Crippen molar-refractivity contribution in [2.24, 2.45) is 0 Å². The standard InChI is InChI=1S/C8H17NO/c1-2-3-4-5-8-9-6-7-10-8/h8-9H,2-7H2,1H3. The van der Waals surface area contributed by atoms with Crippen molar-refractivity contribution in [2.75, 3.05) is 13.2 Å². The van der Waals surface area contributed by atoms with E-state index in [9.17, 15) is 0 Å². The third-order valence-electron chi connectivity index (χ3n) is 1.86. The Hall–Kier alpha value is -0.0800. The Bertz CT molecular complexity index is 79.3. The van der Waals surface area contributed by atoms with Gasteiger partial charge in [0.25, 0.3) is 0 Å². The van der Waals surface area contributed by atoms with Gasteiger partial charge < -0.3 is 4.74 Å². The minimum absolute atomic E-state index is 0.367. The van der Waals surface area contributed by atoms with E-state index in [1.54, 1.807) is 0 Å². The average molecular weight is 143 g/mol. The molecule has 0 radical (unpaired) electrons. The highest BCUT2D eigenvalue weighted by molar-refractivity contribution is 4.62. The summed E-state index contributed by atoms with van der Waals surface area (Å²) in [6, 6.07) is 0.